The summed E-state index contributed by atoms with van der Waals surface area (Å²) < 4.78 is 1.86. The molecule has 7 heteroatoms. The number of rotatable bonds is 3. The standard InChI is InChI=1S/C19H28N6O/c1-13-5-4-7-25(9-13)19-20-17-12-24(8-6-16(17)18(26)21-19)11-15-10-23(3)22-14(15)2/h10,13H,4-9,11-12H2,1-3H3,(H,20,21,26). The lowest BCUT2D eigenvalue weighted by molar-refractivity contribution is 0.240. The highest BCUT2D eigenvalue weighted by Crippen LogP contribution is 2.22. The average Bonchev–Trinajstić information content (AvgIpc) is 2.91. The van der Waals surface area contributed by atoms with Crippen LogP contribution in [0.15, 0.2) is 11.0 Å². The minimum absolute atomic E-state index is 0.0421. The predicted molar refractivity (Wildman–Crippen MR) is 101 cm³/mol. The van der Waals surface area contributed by atoms with Gasteiger partial charge in [-0.3, -0.25) is 19.4 Å². The van der Waals surface area contributed by atoms with Gasteiger partial charge in [0, 0.05) is 57.1 Å². The van der Waals surface area contributed by atoms with E-state index < -0.39 is 0 Å². The number of nitrogens with one attached hydrogen (secondary N) is 1. The van der Waals surface area contributed by atoms with Gasteiger partial charge in [0.25, 0.3) is 5.56 Å². The third kappa shape index (κ3) is 3.40. The van der Waals surface area contributed by atoms with Crippen LogP contribution in [-0.2, 0) is 26.6 Å². The van der Waals surface area contributed by atoms with E-state index >= 15 is 0 Å². The molecule has 4 heterocycles. The summed E-state index contributed by atoms with van der Waals surface area (Å²) in [6.07, 6.45) is 5.25. The molecule has 26 heavy (non-hydrogen) atoms. The number of fused-ring (bicyclic) bond motifs is 1. The van der Waals surface area contributed by atoms with Crippen LogP contribution < -0.4 is 10.5 Å². The van der Waals surface area contributed by atoms with Gasteiger partial charge in [-0.15, -0.1) is 0 Å². The molecule has 1 atom stereocenters. The van der Waals surface area contributed by atoms with Gasteiger partial charge < -0.3 is 4.90 Å². The zero-order valence-corrected chi connectivity index (χ0v) is 16.0. The fourth-order valence-corrected chi connectivity index (χ4v) is 4.19. The Labute approximate surface area is 154 Å². The largest absolute Gasteiger partial charge is 0.342 e. The maximum Gasteiger partial charge on any atom is 0.255 e. The Balaban J connectivity index is 1.55. The maximum absolute atomic E-state index is 12.6. The lowest BCUT2D eigenvalue weighted by Gasteiger charge is -2.33. The van der Waals surface area contributed by atoms with Gasteiger partial charge in [0.15, 0.2) is 0 Å². The second kappa shape index (κ2) is 6.87. The number of hydrogen-bond donors (Lipinski definition) is 1. The highest BCUT2D eigenvalue weighted by atomic mass is 16.1. The fourth-order valence-electron chi connectivity index (χ4n) is 4.19. The number of aromatic nitrogens is 4. The monoisotopic (exact) mass is 356 g/mol. The van der Waals surface area contributed by atoms with Crippen LogP contribution in [0.4, 0.5) is 5.95 Å². The van der Waals surface area contributed by atoms with Crippen LogP contribution >= 0.6 is 0 Å². The van der Waals surface area contributed by atoms with E-state index in [2.05, 4.69) is 33.0 Å². The maximum atomic E-state index is 12.6. The number of aromatic amines is 1. The number of H-pyrrole nitrogens is 1. The average molecular weight is 356 g/mol. The molecule has 0 amide bonds. The van der Waals surface area contributed by atoms with Gasteiger partial charge in [-0.1, -0.05) is 6.92 Å². The van der Waals surface area contributed by atoms with Crippen LogP contribution in [0.5, 0.6) is 0 Å². The van der Waals surface area contributed by atoms with E-state index in [1.54, 1.807) is 0 Å². The second-order valence-corrected chi connectivity index (χ2v) is 7.88. The van der Waals surface area contributed by atoms with Crippen LogP contribution in [0.1, 0.15) is 42.3 Å². The summed E-state index contributed by atoms with van der Waals surface area (Å²) in [5, 5.41) is 4.43. The summed E-state index contributed by atoms with van der Waals surface area (Å²) in [6, 6.07) is 0. The number of piperidine rings is 1. The third-order valence-electron chi connectivity index (χ3n) is 5.61. The van der Waals surface area contributed by atoms with E-state index in [-0.39, 0.29) is 5.56 Å². The number of nitrogens with zero attached hydrogens (tertiary/aromatic N) is 5. The van der Waals surface area contributed by atoms with Crippen molar-refractivity contribution in [2.75, 3.05) is 24.5 Å². The molecule has 2 aromatic heterocycles. The molecule has 1 saturated heterocycles. The summed E-state index contributed by atoms with van der Waals surface area (Å²) in [4.78, 5) is 25.1. The van der Waals surface area contributed by atoms with Crippen molar-refractivity contribution < 1.29 is 0 Å². The van der Waals surface area contributed by atoms with Gasteiger partial charge in [-0.05, 0) is 32.1 Å². The molecule has 0 saturated carbocycles. The first kappa shape index (κ1) is 17.3. The first-order valence-electron chi connectivity index (χ1n) is 9.58. The van der Waals surface area contributed by atoms with Crippen LogP contribution in [0.2, 0.25) is 0 Å². The van der Waals surface area contributed by atoms with Crippen LogP contribution in [0, 0.1) is 12.8 Å². The van der Waals surface area contributed by atoms with Gasteiger partial charge >= 0.3 is 0 Å². The van der Waals surface area contributed by atoms with Gasteiger partial charge in [0.2, 0.25) is 5.95 Å². The SMILES string of the molecule is Cc1nn(C)cc1CN1CCc2c(nc(N3CCCC(C)C3)[nH]c2=O)C1. The molecule has 0 aromatic carbocycles. The molecule has 0 aliphatic carbocycles. The van der Waals surface area contributed by atoms with Gasteiger partial charge in [-0.25, -0.2) is 4.98 Å². The van der Waals surface area contributed by atoms with Crippen LogP contribution in [0.25, 0.3) is 0 Å². The number of hydrogen-bond acceptors (Lipinski definition) is 5. The Morgan fingerprint density at radius 1 is 1.35 bits per heavy atom. The molecule has 1 N–H and O–H groups in total. The van der Waals surface area contributed by atoms with Crippen molar-refractivity contribution in [1.82, 2.24) is 24.6 Å². The van der Waals surface area contributed by atoms with Crippen LogP contribution in [-0.4, -0.2) is 44.3 Å². The molecule has 0 radical (unpaired) electrons. The molecule has 2 aliphatic rings. The zero-order chi connectivity index (χ0) is 18.3. The topological polar surface area (TPSA) is 70.1 Å². The molecule has 1 unspecified atom stereocenters. The molecule has 1 fully saturated rings. The van der Waals surface area contributed by atoms with E-state index in [1.165, 1.54) is 12.0 Å². The Kier molecular flexibility index (Phi) is 4.56. The normalized spacial score (nSPS) is 21.0. The van der Waals surface area contributed by atoms with E-state index in [9.17, 15) is 4.79 Å². The van der Waals surface area contributed by atoms with Crippen molar-refractivity contribution in [3.05, 3.63) is 39.1 Å². The summed E-state index contributed by atoms with van der Waals surface area (Å²) >= 11 is 0. The molecule has 7 nitrogen and oxygen atoms in total. The second-order valence-electron chi connectivity index (χ2n) is 7.88. The fraction of sp³-hybridized carbons (Fsp3) is 0.632. The van der Waals surface area contributed by atoms with Crippen LogP contribution in [0.3, 0.4) is 0 Å². The Hall–Kier alpha value is -2.15. The zero-order valence-electron chi connectivity index (χ0n) is 16.0. The Morgan fingerprint density at radius 3 is 2.92 bits per heavy atom. The lowest BCUT2D eigenvalue weighted by atomic mass is 10.0. The predicted octanol–water partition coefficient (Wildman–Crippen LogP) is 1.61. The highest BCUT2D eigenvalue weighted by molar-refractivity contribution is 5.35. The van der Waals surface area contributed by atoms with Crippen molar-refractivity contribution in [2.45, 2.75) is 46.2 Å². The van der Waals surface area contributed by atoms with E-state index in [4.69, 9.17) is 4.98 Å². The lowest BCUT2D eigenvalue weighted by Crippen LogP contribution is -2.39. The Bertz CT molecular complexity index is 854. The minimum Gasteiger partial charge on any atom is -0.342 e. The molecule has 0 spiro atoms. The third-order valence-corrected chi connectivity index (χ3v) is 5.61. The van der Waals surface area contributed by atoms with Gasteiger partial charge in [0.1, 0.15) is 0 Å². The van der Waals surface area contributed by atoms with Crippen molar-refractivity contribution in [2.24, 2.45) is 13.0 Å². The molecular weight excluding hydrogens is 328 g/mol. The molecule has 140 valence electrons. The summed E-state index contributed by atoms with van der Waals surface area (Å²) in [5.41, 5.74) is 4.15. The first-order valence-corrected chi connectivity index (χ1v) is 9.58. The molecule has 4 rings (SSSR count). The summed E-state index contributed by atoms with van der Waals surface area (Å²) in [7, 11) is 1.95. The summed E-state index contributed by atoms with van der Waals surface area (Å²) in [6.45, 7) is 8.72. The highest BCUT2D eigenvalue weighted by Gasteiger charge is 2.24. The van der Waals surface area contributed by atoms with Gasteiger partial charge in [0.05, 0.1) is 11.4 Å². The van der Waals surface area contributed by atoms with Crippen molar-refractivity contribution in [3.63, 3.8) is 0 Å². The van der Waals surface area contributed by atoms with Crippen molar-refractivity contribution in [3.8, 4) is 0 Å². The molecule has 2 aliphatic heterocycles. The molecular formula is C19H28N6O. The van der Waals surface area contributed by atoms with E-state index in [0.29, 0.717) is 5.92 Å². The number of aryl methyl sites for hydroxylation is 2. The first-order chi connectivity index (χ1) is 12.5. The van der Waals surface area contributed by atoms with E-state index in [0.717, 1.165) is 68.5 Å². The quantitative estimate of drug-likeness (QED) is 0.905. The summed E-state index contributed by atoms with van der Waals surface area (Å²) in [5.74, 6) is 1.40. The molecule has 0 bridgehead atoms. The van der Waals surface area contributed by atoms with E-state index in [1.807, 2.05) is 18.7 Å². The van der Waals surface area contributed by atoms with Crippen molar-refractivity contribution in [1.29, 1.82) is 0 Å². The van der Waals surface area contributed by atoms with Gasteiger partial charge in [-0.2, -0.15) is 5.10 Å². The molecule has 2 aromatic rings. The van der Waals surface area contributed by atoms with Crippen molar-refractivity contribution >= 4 is 5.95 Å². The Morgan fingerprint density at radius 2 is 2.19 bits per heavy atom. The minimum atomic E-state index is 0.0421. The smallest absolute Gasteiger partial charge is 0.255 e. The number of anilines is 1.